The van der Waals surface area contributed by atoms with E-state index in [9.17, 15) is 5.26 Å². The van der Waals surface area contributed by atoms with Crippen molar-refractivity contribution in [1.82, 2.24) is 15.3 Å². The first-order chi connectivity index (χ1) is 9.67. The summed E-state index contributed by atoms with van der Waals surface area (Å²) < 4.78 is 0. The van der Waals surface area contributed by atoms with E-state index in [1.807, 2.05) is 19.3 Å². The van der Waals surface area contributed by atoms with Gasteiger partial charge in [-0.25, -0.2) is 9.97 Å². The zero-order chi connectivity index (χ0) is 14.4. The highest BCUT2D eigenvalue weighted by molar-refractivity contribution is 7.99. The summed E-state index contributed by atoms with van der Waals surface area (Å²) in [7, 11) is 0. The normalized spacial score (nSPS) is 26.1. The van der Waals surface area contributed by atoms with Crippen LogP contribution in [0.1, 0.15) is 44.6 Å². The van der Waals surface area contributed by atoms with Crippen LogP contribution in [0.25, 0.3) is 0 Å². The molecule has 1 N–H and O–H groups in total. The second-order valence-electron chi connectivity index (χ2n) is 5.50. The molecule has 20 heavy (non-hydrogen) atoms. The fraction of sp³-hybridized carbons (Fsp3) is 0.667. The average Bonchev–Trinajstić information content (AvgIpc) is 2.48. The van der Waals surface area contributed by atoms with Gasteiger partial charge in [-0.05, 0) is 51.1 Å². The van der Waals surface area contributed by atoms with Gasteiger partial charge in [0.05, 0.1) is 6.07 Å². The summed E-state index contributed by atoms with van der Waals surface area (Å²) >= 11 is 1.71. The summed E-state index contributed by atoms with van der Waals surface area (Å²) in [5.74, 6) is 0. The van der Waals surface area contributed by atoms with Gasteiger partial charge in [0, 0.05) is 17.6 Å². The number of nitrogens with zero attached hydrogens (tertiary/aromatic N) is 3. The van der Waals surface area contributed by atoms with E-state index in [-0.39, 0.29) is 5.54 Å². The van der Waals surface area contributed by atoms with Gasteiger partial charge in [0.2, 0.25) is 0 Å². The van der Waals surface area contributed by atoms with Crippen LogP contribution in [0.4, 0.5) is 0 Å². The molecule has 0 amide bonds. The molecule has 0 bridgehead atoms. The van der Waals surface area contributed by atoms with Gasteiger partial charge in [-0.2, -0.15) is 5.26 Å². The Morgan fingerprint density at radius 3 is 2.90 bits per heavy atom. The summed E-state index contributed by atoms with van der Waals surface area (Å²) in [4.78, 5) is 8.71. The summed E-state index contributed by atoms with van der Waals surface area (Å²) in [5.41, 5.74) is 0.727. The van der Waals surface area contributed by atoms with Crippen molar-refractivity contribution in [3.8, 4) is 6.07 Å². The lowest BCUT2D eigenvalue weighted by molar-refractivity contribution is 0.304. The minimum atomic E-state index is -0.351. The van der Waals surface area contributed by atoms with Crippen LogP contribution >= 0.6 is 11.8 Å². The van der Waals surface area contributed by atoms with Crippen LogP contribution in [0, 0.1) is 18.3 Å². The molecule has 0 aliphatic heterocycles. The topological polar surface area (TPSA) is 61.6 Å². The standard InChI is InChI=1S/C15H22N4S/c1-3-7-19-15(11-16)6-4-5-13(8-15)20-14-17-9-12(2)10-18-14/h9-10,13,19H,3-8H2,1-2H3. The van der Waals surface area contributed by atoms with E-state index in [0.717, 1.165) is 49.4 Å². The fourth-order valence-corrected chi connectivity index (χ4v) is 3.76. The Morgan fingerprint density at radius 2 is 2.25 bits per heavy atom. The van der Waals surface area contributed by atoms with Gasteiger partial charge >= 0.3 is 0 Å². The highest BCUT2D eigenvalue weighted by Crippen LogP contribution is 2.36. The maximum absolute atomic E-state index is 9.54. The Hall–Kier alpha value is -1.12. The number of rotatable bonds is 5. The lowest BCUT2D eigenvalue weighted by atomic mass is 9.82. The smallest absolute Gasteiger partial charge is 0.187 e. The number of nitrogens with one attached hydrogen (secondary N) is 1. The lowest BCUT2D eigenvalue weighted by Crippen LogP contribution is -2.48. The molecule has 1 aliphatic carbocycles. The summed E-state index contributed by atoms with van der Waals surface area (Å²) in [6, 6.07) is 2.51. The van der Waals surface area contributed by atoms with E-state index >= 15 is 0 Å². The van der Waals surface area contributed by atoms with E-state index in [2.05, 4.69) is 28.3 Å². The van der Waals surface area contributed by atoms with Crippen LogP contribution in [-0.2, 0) is 0 Å². The van der Waals surface area contributed by atoms with Crippen molar-refractivity contribution < 1.29 is 0 Å². The summed E-state index contributed by atoms with van der Waals surface area (Å²) in [5, 5.41) is 14.2. The molecule has 0 spiro atoms. The molecule has 4 nitrogen and oxygen atoms in total. The number of aryl methyl sites for hydroxylation is 1. The van der Waals surface area contributed by atoms with Crippen molar-refractivity contribution in [2.24, 2.45) is 0 Å². The largest absolute Gasteiger partial charge is 0.299 e. The van der Waals surface area contributed by atoms with Crippen LogP contribution in [0.2, 0.25) is 0 Å². The molecule has 0 radical (unpaired) electrons. The molecule has 1 heterocycles. The Morgan fingerprint density at radius 1 is 1.50 bits per heavy atom. The molecule has 1 saturated carbocycles. The fourth-order valence-electron chi connectivity index (χ4n) is 2.58. The number of nitriles is 1. The molecule has 2 rings (SSSR count). The molecule has 108 valence electrons. The Kier molecular flexibility index (Phi) is 5.38. The monoisotopic (exact) mass is 290 g/mol. The van der Waals surface area contributed by atoms with Gasteiger partial charge < -0.3 is 0 Å². The van der Waals surface area contributed by atoms with Gasteiger partial charge in [0.25, 0.3) is 0 Å². The van der Waals surface area contributed by atoms with Crippen molar-refractivity contribution >= 4 is 11.8 Å². The quantitative estimate of drug-likeness (QED) is 0.844. The maximum Gasteiger partial charge on any atom is 0.187 e. The van der Waals surface area contributed by atoms with E-state index < -0.39 is 0 Å². The van der Waals surface area contributed by atoms with Gasteiger partial charge in [0.15, 0.2) is 5.16 Å². The first kappa shape index (κ1) is 15.3. The van der Waals surface area contributed by atoms with Crippen LogP contribution in [0.3, 0.4) is 0 Å². The highest BCUT2D eigenvalue weighted by atomic mass is 32.2. The Bertz CT molecular complexity index is 468. The van der Waals surface area contributed by atoms with E-state index in [1.165, 1.54) is 0 Å². The van der Waals surface area contributed by atoms with E-state index in [0.29, 0.717) is 5.25 Å². The zero-order valence-electron chi connectivity index (χ0n) is 12.2. The predicted molar refractivity (Wildman–Crippen MR) is 81.5 cm³/mol. The zero-order valence-corrected chi connectivity index (χ0v) is 13.0. The molecule has 0 saturated heterocycles. The second-order valence-corrected chi connectivity index (χ2v) is 6.77. The van der Waals surface area contributed by atoms with Crippen LogP contribution in [0.5, 0.6) is 0 Å². The number of thioether (sulfide) groups is 1. The molecule has 1 aliphatic rings. The molecule has 1 fully saturated rings. The molecule has 2 unspecified atom stereocenters. The average molecular weight is 290 g/mol. The lowest BCUT2D eigenvalue weighted by Gasteiger charge is -2.36. The summed E-state index contributed by atoms with van der Waals surface area (Å²) in [6.45, 7) is 5.03. The molecular weight excluding hydrogens is 268 g/mol. The van der Waals surface area contributed by atoms with Gasteiger partial charge in [-0.3, -0.25) is 5.32 Å². The van der Waals surface area contributed by atoms with Crippen molar-refractivity contribution in [1.29, 1.82) is 5.26 Å². The highest BCUT2D eigenvalue weighted by Gasteiger charge is 2.36. The third-order valence-corrected chi connectivity index (χ3v) is 4.82. The molecule has 0 aromatic carbocycles. The third-order valence-electron chi connectivity index (χ3n) is 3.66. The second kappa shape index (κ2) is 7.05. The van der Waals surface area contributed by atoms with Crippen molar-refractivity contribution in [2.45, 2.75) is 61.9 Å². The maximum atomic E-state index is 9.54. The van der Waals surface area contributed by atoms with E-state index in [4.69, 9.17) is 0 Å². The first-order valence-electron chi connectivity index (χ1n) is 7.29. The molecule has 2 atom stereocenters. The van der Waals surface area contributed by atoms with Crippen molar-refractivity contribution in [3.63, 3.8) is 0 Å². The molecule has 1 aromatic rings. The van der Waals surface area contributed by atoms with Gasteiger partial charge in [-0.1, -0.05) is 18.7 Å². The predicted octanol–water partition coefficient (Wildman–Crippen LogP) is 3.08. The number of hydrogen-bond donors (Lipinski definition) is 1. The van der Waals surface area contributed by atoms with Crippen molar-refractivity contribution in [3.05, 3.63) is 18.0 Å². The molecular formula is C15H22N4S. The van der Waals surface area contributed by atoms with Crippen molar-refractivity contribution in [2.75, 3.05) is 6.54 Å². The Labute approximate surface area is 125 Å². The van der Waals surface area contributed by atoms with Crippen LogP contribution < -0.4 is 5.32 Å². The molecule has 5 heteroatoms. The minimum Gasteiger partial charge on any atom is -0.299 e. The molecule has 1 aromatic heterocycles. The van der Waals surface area contributed by atoms with Gasteiger partial charge in [0.1, 0.15) is 5.54 Å². The minimum absolute atomic E-state index is 0.351. The number of aromatic nitrogens is 2. The Balaban J connectivity index is 1.99. The van der Waals surface area contributed by atoms with E-state index in [1.54, 1.807) is 11.8 Å². The summed E-state index contributed by atoms with van der Waals surface area (Å²) in [6.07, 6.45) is 8.83. The van der Waals surface area contributed by atoms with Gasteiger partial charge in [-0.15, -0.1) is 0 Å². The first-order valence-corrected chi connectivity index (χ1v) is 8.17. The van der Waals surface area contributed by atoms with Crippen LogP contribution in [0.15, 0.2) is 17.6 Å². The van der Waals surface area contributed by atoms with Crippen LogP contribution in [-0.4, -0.2) is 27.3 Å². The SMILES string of the molecule is CCCNC1(C#N)CCCC(Sc2ncc(C)cn2)C1. The third kappa shape index (κ3) is 3.94. The number of hydrogen-bond acceptors (Lipinski definition) is 5.